The number of ether oxygens (including phenoxy) is 1. The van der Waals surface area contributed by atoms with Crippen LogP contribution in [-0.2, 0) is 18.2 Å². The summed E-state index contributed by atoms with van der Waals surface area (Å²) >= 11 is 0. The van der Waals surface area contributed by atoms with Crippen LogP contribution in [0.4, 0.5) is 0 Å². The van der Waals surface area contributed by atoms with E-state index in [1.165, 1.54) is 0 Å². The first-order valence-electron chi connectivity index (χ1n) is 5.88. The van der Waals surface area contributed by atoms with Gasteiger partial charge in [0.15, 0.2) is 0 Å². The van der Waals surface area contributed by atoms with Crippen LogP contribution in [0.25, 0.3) is 0 Å². The number of aromatic nitrogens is 2. The Morgan fingerprint density at radius 2 is 2.31 bits per heavy atom. The van der Waals surface area contributed by atoms with Crippen LogP contribution in [-0.4, -0.2) is 34.2 Å². The molecule has 4 nitrogen and oxygen atoms in total. The first-order chi connectivity index (χ1) is 7.63. The first-order valence-corrected chi connectivity index (χ1v) is 5.88. The topological polar surface area (TPSA) is 47.3 Å². The van der Waals surface area contributed by atoms with Crippen molar-refractivity contribution < 1.29 is 9.84 Å². The van der Waals surface area contributed by atoms with E-state index in [1.54, 1.807) is 0 Å². The van der Waals surface area contributed by atoms with Gasteiger partial charge in [0.2, 0.25) is 0 Å². The number of hydrogen-bond acceptors (Lipinski definition) is 3. The zero-order chi connectivity index (χ0) is 12.0. The molecule has 0 aliphatic rings. The van der Waals surface area contributed by atoms with E-state index < -0.39 is 0 Å². The lowest BCUT2D eigenvalue weighted by Crippen LogP contribution is -2.14. The molecule has 1 aromatic rings. The second kappa shape index (κ2) is 6.66. The Bertz CT molecular complexity index is 310. The van der Waals surface area contributed by atoms with Crippen LogP contribution >= 0.6 is 0 Å². The monoisotopic (exact) mass is 226 g/mol. The van der Waals surface area contributed by atoms with Crippen molar-refractivity contribution in [3.63, 3.8) is 0 Å². The highest BCUT2D eigenvalue weighted by atomic mass is 16.5. The van der Waals surface area contributed by atoms with Crippen LogP contribution in [0.2, 0.25) is 0 Å². The summed E-state index contributed by atoms with van der Waals surface area (Å²) in [7, 11) is 1.91. The smallest absolute Gasteiger partial charge is 0.0596 e. The minimum absolute atomic E-state index is 0.296. The average molecular weight is 226 g/mol. The van der Waals surface area contributed by atoms with Crippen LogP contribution in [0, 0.1) is 6.92 Å². The quantitative estimate of drug-likeness (QED) is 0.716. The van der Waals surface area contributed by atoms with Crippen molar-refractivity contribution in [1.29, 1.82) is 0 Å². The van der Waals surface area contributed by atoms with Crippen molar-refractivity contribution >= 4 is 0 Å². The zero-order valence-corrected chi connectivity index (χ0v) is 10.4. The van der Waals surface area contributed by atoms with Gasteiger partial charge >= 0.3 is 0 Å². The molecule has 0 bridgehead atoms. The number of aliphatic hydroxyl groups excluding tert-OH is 1. The summed E-state index contributed by atoms with van der Waals surface area (Å²) in [5, 5.41) is 14.1. The van der Waals surface area contributed by atoms with Crippen LogP contribution in [0.1, 0.15) is 31.2 Å². The van der Waals surface area contributed by atoms with Crippen molar-refractivity contribution in [1.82, 2.24) is 9.78 Å². The molecule has 92 valence electrons. The third-order valence-electron chi connectivity index (χ3n) is 2.57. The summed E-state index contributed by atoms with van der Waals surface area (Å²) in [6.45, 7) is 5.43. The van der Waals surface area contributed by atoms with Gasteiger partial charge in [0.1, 0.15) is 0 Å². The van der Waals surface area contributed by atoms with E-state index in [1.807, 2.05) is 31.6 Å². The van der Waals surface area contributed by atoms with E-state index in [0.29, 0.717) is 6.42 Å². The fourth-order valence-corrected chi connectivity index (χ4v) is 1.76. The molecule has 16 heavy (non-hydrogen) atoms. The molecule has 0 saturated carbocycles. The zero-order valence-electron chi connectivity index (χ0n) is 10.4. The Balaban J connectivity index is 2.28. The van der Waals surface area contributed by atoms with Gasteiger partial charge in [-0.15, -0.1) is 0 Å². The maximum Gasteiger partial charge on any atom is 0.0596 e. The lowest BCUT2D eigenvalue weighted by molar-refractivity contribution is 0.113. The third-order valence-corrected chi connectivity index (χ3v) is 2.57. The van der Waals surface area contributed by atoms with Gasteiger partial charge in [0.05, 0.1) is 11.8 Å². The number of nitrogens with zero attached hydrogens (tertiary/aromatic N) is 2. The molecule has 1 rings (SSSR count). The van der Waals surface area contributed by atoms with E-state index in [-0.39, 0.29) is 6.10 Å². The summed E-state index contributed by atoms with van der Waals surface area (Å²) in [5.74, 6) is 0. The summed E-state index contributed by atoms with van der Waals surface area (Å²) in [6, 6.07) is 2.02. The fraction of sp³-hybridized carbons (Fsp3) is 0.750. The van der Waals surface area contributed by atoms with Crippen molar-refractivity contribution in [3.8, 4) is 0 Å². The number of aryl methyl sites for hydroxylation is 2. The minimum atomic E-state index is -0.296. The van der Waals surface area contributed by atoms with Crippen molar-refractivity contribution in [2.24, 2.45) is 7.05 Å². The third kappa shape index (κ3) is 4.33. The Morgan fingerprint density at radius 3 is 2.88 bits per heavy atom. The molecule has 1 aromatic heterocycles. The molecule has 1 heterocycles. The second-order valence-electron chi connectivity index (χ2n) is 4.10. The molecule has 1 atom stereocenters. The van der Waals surface area contributed by atoms with Crippen LogP contribution in [0.3, 0.4) is 0 Å². The SMILES string of the molecule is CCOCCCC(O)Cc1cc(C)nn1C. The molecule has 4 heteroatoms. The predicted molar refractivity (Wildman–Crippen MR) is 63.4 cm³/mol. The summed E-state index contributed by atoms with van der Waals surface area (Å²) in [6.07, 6.45) is 2.06. The van der Waals surface area contributed by atoms with Crippen LogP contribution < -0.4 is 0 Å². The van der Waals surface area contributed by atoms with Crippen molar-refractivity contribution in [3.05, 3.63) is 17.5 Å². The molecule has 1 N–H and O–H groups in total. The van der Waals surface area contributed by atoms with Gasteiger partial charge in [-0.25, -0.2) is 0 Å². The van der Waals surface area contributed by atoms with E-state index in [0.717, 1.165) is 37.4 Å². The van der Waals surface area contributed by atoms with E-state index in [9.17, 15) is 5.11 Å². The minimum Gasteiger partial charge on any atom is -0.393 e. The molecule has 0 fully saturated rings. The summed E-state index contributed by atoms with van der Waals surface area (Å²) < 4.78 is 7.07. The molecular formula is C12H22N2O2. The van der Waals surface area contributed by atoms with Gasteiger partial charge < -0.3 is 9.84 Å². The second-order valence-corrected chi connectivity index (χ2v) is 4.10. The van der Waals surface area contributed by atoms with Gasteiger partial charge in [-0.2, -0.15) is 5.10 Å². The summed E-state index contributed by atoms with van der Waals surface area (Å²) in [5.41, 5.74) is 2.08. The number of hydrogen-bond donors (Lipinski definition) is 1. The molecular weight excluding hydrogens is 204 g/mol. The Labute approximate surface area is 97.2 Å². The molecule has 0 amide bonds. The van der Waals surface area contributed by atoms with Gasteiger partial charge in [-0.3, -0.25) is 4.68 Å². The molecule has 0 aromatic carbocycles. The van der Waals surface area contributed by atoms with E-state index in [2.05, 4.69) is 5.10 Å². The van der Waals surface area contributed by atoms with Gasteiger partial charge in [-0.1, -0.05) is 0 Å². The lowest BCUT2D eigenvalue weighted by atomic mass is 10.1. The highest BCUT2D eigenvalue weighted by Gasteiger charge is 2.09. The molecule has 0 radical (unpaired) electrons. The first kappa shape index (κ1) is 13.2. The van der Waals surface area contributed by atoms with Crippen LogP contribution in [0.15, 0.2) is 6.07 Å². The fourth-order valence-electron chi connectivity index (χ4n) is 1.76. The number of aliphatic hydroxyl groups is 1. The predicted octanol–water partition coefficient (Wildman–Crippen LogP) is 1.45. The Hall–Kier alpha value is -0.870. The summed E-state index contributed by atoms with van der Waals surface area (Å²) in [4.78, 5) is 0. The molecule has 0 saturated heterocycles. The van der Waals surface area contributed by atoms with Gasteiger partial charge in [0.25, 0.3) is 0 Å². The van der Waals surface area contributed by atoms with E-state index in [4.69, 9.17) is 4.74 Å². The van der Waals surface area contributed by atoms with Crippen molar-refractivity contribution in [2.45, 2.75) is 39.2 Å². The van der Waals surface area contributed by atoms with Gasteiger partial charge in [0, 0.05) is 32.4 Å². The van der Waals surface area contributed by atoms with Crippen LogP contribution in [0.5, 0.6) is 0 Å². The standard InChI is InChI=1S/C12H22N2O2/c1-4-16-7-5-6-12(15)9-11-8-10(2)13-14(11)3/h8,12,15H,4-7,9H2,1-3H3. The highest BCUT2D eigenvalue weighted by molar-refractivity contribution is 5.09. The maximum absolute atomic E-state index is 9.84. The maximum atomic E-state index is 9.84. The number of rotatable bonds is 7. The Morgan fingerprint density at radius 1 is 1.56 bits per heavy atom. The largest absolute Gasteiger partial charge is 0.393 e. The molecule has 0 aliphatic carbocycles. The lowest BCUT2D eigenvalue weighted by Gasteiger charge is -2.10. The molecule has 0 aliphatic heterocycles. The molecule has 0 spiro atoms. The Kier molecular flexibility index (Phi) is 5.49. The van der Waals surface area contributed by atoms with Crippen molar-refractivity contribution in [2.75, 3.05) is 13.2 Å². The highest BCUT2D eigenvalue weighted by Crippen LogP contribution is 2.08. The van der Waals surface area contributed by atoms with E-state index >= 15 is 0 Å². The van der Waals surface area contributed by atoms with Gasteiger partial charge in [-0.05, 0) is 32.8 Å². The normalized spacial score (nSPS) is 13.0. The molecule has 1 unspecified atom stereocenters. The average Bonchev–Trinajstić information content (AvgIpc) is 2.52.